The Balaban J connectivity index is 2.47. The van der Waals surface area contributed by atoms with Crippen LogP contribution in [0.2, 0.25) is 0 Å². The van der Waals surface area contributed by atoms with Crippen molar-refractivity contribution in [1.82, 2.24) is 4.98 Å². The minimum Gasteiger partial charge on any atom is -0.393 e. The number of hydrogen-bond donors (Lipinski definition) is 2. The van der Waals surface area contributed by atoms with Gasteiger partial charge >= 0.3 is 0 Å². The van der Waals surface area contributed by atoms with E-state index in [4.69, 9.17) is 0 Å². The molecule has 0 radical (unpaired) electrons. The van der Waals surface area contributed by atoms with Gasteiger partial charge in [-0.05, 0) is 38.8 Å². The normalized spacial score (nSPS) is 14.9. The largest absolute Gasteiger partial charge is 0.393 e. The van der Waals surface area contributed by atoms with Gasteiger partial charge in [0.15, 0.2) is 0 Å². The second-order valence-electron chi connectivity index (χ2n) is 3.85. The Labute approximate surface area is 85.2 Å². The molecule has 0 fully saturated rings. The third-order valence-electron chi connectivity index (χ3n) is 2.00. The van der Waals surface area contributed by atoms with Gasteiger partial charge in [0, 0.05) is 12.2 Å². The topological polar surface area (TPSA) is 45.1 Å². The quantitative estimate of drug-likeness (QED) is 0.770. The van der Waals surface area contributed by atoms with Crippen LogP contribution in [0.1, 0.15) is 25.8 Å². The second kappa shape index (κ2) is 4.96. The molecule has 2 unspecified atom stereocenters. The molecule has 0 aliphatic heterocycles. The van der Waals surface area contributed by atoms with Crippen LogP contribution >= 0.6 is 0 Å². The van der Waals surface area contributed by atoms with Crippen molar-refractivity contribution in [3.63, 3.8) is 0 Å². The van der Waals surface area contributed by atoms with E-state index in [0.29, 0.717) is 0 Å². The molecular formula is C11H18N2O. The first-order valence-electron chi connectivity index (χ1n) is 4.95. The highest BCUT2D eigenvalue weighted by molar-refractivity contribution is 5.36. The molecule has 14 heavy (non-hydrogen) atoms. The first kappa shape index (κ1) is 11.0. The number of aliphatic hydroxyl groups excluding tert-OH is 1. The molecule has 3 heteroatoms. The van der Waals surface area contributed by atoms with Crippen molar-refractivity contribution in [3.05, 3.63) is 23.9 Å². The Morgan fingerprint density at radius 3 is 2.64 bits per heavy atom. The van der Waals surface area contributed by atoms with E-state index >= 15 is 0 Å². The zero-order valence-electron chi connectivity index (χ0n) is 8.99. The maximum absolute atomic E-state index is 9.18. The summed E-state index contributed by atoms with van der Waals surface area (Å²) in [7, 11) is 0. The maximum Gasteiger partial charge on any atom is 0.126 e. The van der Waals surface area contributed by atoms with Gasteiger partial charge in [-0.3, -0.25) is 0 Å². The standard InChI is InChI=1S/C11H18N2O/c1-8-4-5-11(12-7-8)13-9(2)6-10(3)14/h4-5,7,9-10,14H,6H2,1-3H3,(H,12,13). The van der Waals surface area contributed by atoms with Crippen LogP contribution in [0, 0.1) is 6.92 Å². The number of aliphatic hydroxyl groups is 1. The second-order valence-corrected chi connectivity index (χ2v) is 3.85. The zero-order chi connectivity index (χ0) is 10.6. The molecule has 0 saturated heterocycles. The monoisotopic (exact) mass is 194 g/mol. The first-order valence-corrected chi connectivity index (χ1v) is 4.95. The third kappa shape index (κ3) is 3.75. The van der Waals surface area contributed by atoms with Crippen molar-refractivity contribution in [1.29, 1.82) is 0 Å². The van der Waals surface area contributed by atoms with Crippen molar-refractivity contribution in [2.45, 2.75) is 39.3 Å². The van der Waals surface area contributed by atoms with Gasteiger partial charge in [-0.25, -0.2) is 4.98 Å². The molecule has 0 aliphatic rings. The average Bonchev–Trinajstić information content (AvgIpc) is 2.07. The lowest BCUT2D eigenvalue weighted by atomic mass is 10.1. The van der Waals surface area contributed by atoms with Crippen molar-refractivity contribution >= 4 is 5.82 Å². The van der Waals surface area contributed by atoms with Crippen LogP contribution in [0.25, 0.3) is 0 Å². The van der Waals surface area contributed by atoms with Gasteiger partial charge in [-0.15, -0.1) is 0 Å². The van der Waals surface area contributed by atoms with Crippen molar-refractivity contribution in [3.8, 4) is 0 Å². The summed E-state index contributed by atoms with van der Waals surface area (Å²) in [4.78, 5) is 4.23. The smallest absolute Gasteiger partial charge is 0.126 e. The van der Waals surface area contributed by atoms with Gasteiger partial charge in [0.1, 0.15) is 5.82 Å². The van der Waals surface area contributed by atoms with Crippen molar-refractivity contribution in [2.24, 2.45) is 0 Å². The molecule has 1 aromatic rings. The summed E-state index contributed by atoms with van der Waals surface area (Å²) in [5, 5.41) is 12.4. The molecule has 0 amide bonds. The minimum absolute atomic E-state index is 0.241. The number of nitrogens with zero attached hydrogens (tertiary/aromatic N) is 1. The number of nitrogens with one attached hydrogen (secondary N) is 1. The van der Waals surface area contributed by atoms with E-state index < -0.39 is 0 Å². The van der Waals surface area contributed by atoms with E-state index in [2.05, 4.69) is 10.3 Å². The Morgan fingerprint density at radius 2 is 2.14 bits per heavy atom. The molecule has 0 bridgehead atoms. The van der Waals surface area contributed by atoms with Crippen molar-refractivity contribution in [2.75, 3.05) is 5.32 Å². The fourth-order valence-corrected chi connectivity index (χ4v) is 1.38. The van der Waals surface area contributed by atoms with Crippen LogP contribution in [0.5, 0.6) is 0 Å². The van der Waals surface area contributed by atoms with Crippen LogP contribution in [0.4, 0.5) is 5.82 Å². The van der Waals surface area contributed by atoms with Crippen LogP contribution in [-0.2, 0) is 0 Å². The number of pyridine rings is 1. The summed E-state index contributed by atoms with van der Waals surface area (Å²) in [5.41, 5.74) is 1.15. The summed E-state index contributed by atoms with van der Waals surface area (Å²) >= 11 is 0. The van der Waals surface area contributed by atoms with E-state index in [1.807, 2.05) is 32.2 Å². The summed E-state index contributed by atoms with van der Waals surface area (Å²) < 4.78 is 0. The molecule has 0 aromatic carbocycles. The number of rotatable bonds is 4. The van der Waals surface area contributed by atoms with Crippen LogP contribution in [0.3, 0.4) is 0 Å². The van der Waals surface area contributed by atoms with Gasteiger partial charge in [-0.1, -0.05) is 6.07 Å². The van der Waals surface area contributed by atoms with Crippen LogP contribution < -0.4 is 5.32 Å². The van der Waals surface area contributed by atoms with Gasteiger partial charge in [0.25, 0.3) is 0 Å². The van der Waals surface area contributed by atoms with Gasteiger partial charge in [-0.2, -0.15) is 0 Å². The first-order chi connectivity index (χ1) is 6.58. The van der Waals surface area contributed by atoms with Crippen LogP contribution in [0.15, 0.2) is 18.3 Å². The summed E-state index contributed by atoms with van der Waals surface area (Å²) in [6.45, 7) is 5.84. The van der Waals surface area contributed by atoms with Gasteiger partial charge in [0.2, 0.25) is 0 Å². The SMILES string of the molecule is Cc1ccc(NC(C)CC(C)O)nc1. The lowest BCUT2D eigenvalue weighted by Crippen LogP contribution is -2.21. The highest BCUT2D eigenvalue weighted by Crippen LogP contribution is 2.08. The summed E-state index contributed by atoms with van der Waals surface area (Å²) in [6, 6.07) is 4.21. The predicted molar refractivity (Wildman–Crippen MR) is 58.4 cm³/mol. The fourth-order valence-electron chi connectivity index (χ4n) is 1.38. The Kier molecular flexibility index (Phi) is 3.89. The van der Waals surface area contributed by atoms with Crippen molar-refractivity contribution < 1.29 is 5.11 Å². The molecule has 78 valence electrons. The Hall–Kier alpha value is -1.09. The fraction of sp³-hybridized carbons (Fsp3) is 0.545. The summed E-state index contributed by atoms with van der Waals surface area (Å²) in [6.07, 6.45) is 2.29. The Morgan fingerprint density at radius 1 is 1.43 bits per heavy atom. The summed E-state index contributed by atoms with van der Waals surface area (Å²) in [5.74, 6) is 0.865. The van der Waals surface area contributed by atoms with E-state index in [1.165, 1.54) is 0 Å². The maximum atomic E-state index is 9.18. The van der Waals surface area contributed by atoms with Gasteiger partial charge in [0.05, 0.1) is 6.10 Å². The lowest BCUT2D eigenvalue weighted by molar-refractivity contribution is 0.179. The molecule has 1 aromatic heterocycles. The minimum atomic E-state index is -0.275. The molecule has 1 heterocycles. The molecule has 0 aliphatic carbocycles. The molecule has 2 N–H and O–H groups in total. The number of anilines is 1. The molecular weight excluding hydrogens is 176 g/mol. The van der Waals surface area contributed by atoms with Gasteiger partial charge < -0.3 is 10.4 Å². The number of aromatic nitrogens is 1. The zero-order valence-corrected chi connectivity index (χ0v) is 8.99. The Bertz CT molecular complexity index is 269. The molecule has 0 saturated carbocycles. The number of aryl methyl sites for hydroxylation is 1. The van der Waals surface area contributed by atoms with E-state index in [1.54, 1.807) is 6.92 Å². The molecule has 3 nitrogen and oxygen atoms in total. The average molecular weight is 194 g/mol. The van der Waals surface area contributed by atoms with E-state index in [-0.39, 0.29) is 12.1 Å². The number of hydrogen-bond acceptors (Lipinski definition) is 3. The predicted octanol–water partition coefficient (Wildman–Crippen LogP) is 1.96. The molecule has 2 atom stereocenters. The molecule has 0 spiro atoms. The van der Waals surface area contributed by atoms with E-state index in [0.717, 1.165) is 17.8 Å². The van der Waals surface area contributed by atoms with Crippen LogP contribution in [-0.4, -0.2) is 22.2 Å². The lowest BCUT2D eigenvalue weighted by Gasteiger charge is -2.15. The molecule has 1 rings (SSSR count). The van der Waals surface area contributed by atoms with E-state index in [9.17, 15) is 5.11 Å². The highest BCUT2D eigenvalue weighted by atomic mass is 16.3. The highest BCUT2D eigenvalue weighted by Gasteiger charge is 2.05. The third-order valence-corrected chi connectivity index (χ3v) is 2.00.